The SMILES string of the molecule is CNCCCCC(=O)CCCC(=O)c1cc(CC(=O)c2cc(CC(=O)CCCC(=O)c3cc(CC(=O)c4cc(CC(=O)c5cc(CC(=O)CCCNC(=O)c6nc(NC(=O)C7C8=C[N+]7(C)C=C8NC(=O)c7nc(NC(=O)CCNC(=O)c8nc(NC(=O)c9nc(NC(C)=O)cn9C)cn8C)cn7C)cn6C)cn5C)cn4C)cn3C)cn2C)cn1C. The molecular weight excluding hydrogens is 1560 g/mol. The summed E-state index contributed by atoms with van der Waals surface area (Å²) in [6, 6.07) is 7.66. The van der Waals surface area contributed by atoms with E-state index in [-0.39, 0.29) is 181 Å². The summed E-state index contributed by atoms with van der Waals surface area (Å²) in [4.78, 5) is 214. The lowest BCUT2D eigenvalue weighted by Crippen LogP contribution is -2.54. The molecule has 8 N–H and O–H groups in total. The number of hydrogen-bond acceptors (Lipinski definition) is 20. The van der Waals surface area contributed by atoms with E-state index in [9.17, 15) is 71.9 Å². The van der Waals surface area contributed by atoms with Crippen molar-refractivity contribution in [2.45, 2.75) is 122 Å². The molecule has 3 aliphatic heterocycles. The third-order valence-corrected chi connectivity index (χ3v) is 20.9. The van der Waals surface area contributed by atoms with Crippen molar-refractivity contribution in [3.8, 4) is 0 Å². The molecular formula is C84H101N22O15+. The van der Waals surface area contributed by atoms with Gasteiger partial charge >= 0.3 is 0 Å². The smallest absolute Gasteiger partial charge is 0.292 e. The monoisotopic (exact) mass is 1660 g/mol. The van der Waals surface area contributed by atoms with Crippen molar-refractivity contribution >= 4 is 111 Å². The van der Waals surface area contributed by atoms with Crippen LogP contribution in [-0.2, 0) is 124 Å². The molecule has 0 saturated heterocycles. The van der Waals surface area contributed by atoms with E-state index in [1.165, 1.54) is 50.0 Å². The van der Waals surface area contributed by atoms with Crippen molar-refractivity contribution < 1.29 is 76.4 Å². The van der Waals surface area contributed by atoms with E-state index in [1.807, 2.05) is 7.05 Å². The molecule has 37 nitrogen and oxygen atoms in total. The second kappa shape index (κ2) is 38.3. The summed E-state index contributed by atoms with van der Waals surface area (Å²) in [5, 5.41) is 21.7. The van der Waals surface area contributed by atoms with Crippen LogP contribution in [0.1, 0.15) is 207 Å². The lowest BCUT2D eigenvalue weighted by atomic mass is 9.99. The molecule has 0 radical (unpaired) electrons. The van der Waals surface area contributed by atoms with E-state index in [0.717, 1.165) is 19.4 Å². The Balaban J connectivity index is 0.557. The third kappa shape index (κ3) is 22.0. The number of rotatable bonds is 45. The average Bonchev–Trinajstić information content (AvgIpc) is 1.55. The predicted octanol–water partition coefficient (Wildman–Crippen LogP) is 5.29. The quantitative estimate of drug-likeness (QED) is 0.0136. The highest BCUT2D eigenvalue weighted by Gasteiger charge is 2.56. The third-order valence-electron chi connectivity index (χ3n) is 20.9. The van der Waals surface area contributed by atoms with Crippen LogP contribution in [0.4, 0.5) is 23.3 Å². The molecule has 121 heavy (non-hydrogen) atoms. The number of likely N-dealkylation sites (N-methyl/N-ethyl adjacent to an activating group) is 1. The molecule has 37 heteroatoms. The zero-order valence-corrected chi connectivity index (χ0v) is 69.8. The Kier molecular flexibility index (Phi) is 27.9. The van der Waals surface area contributed by atoms with E-state index in [4.69, 9.17) is 0 Å². The van der Waals surface area contributed by atoms with Gasteiger partial charge in [0.2, 0.25) is 41.2 Å². The molecule has 0 fully saturated rings. The molecule has 9 aromatic rings. The van der Waals surface area contributed by atoms with Crippen molar-refractivity contribution in [3.63, 3.8) is 0 Å². The minimum Gasteiger partial charge on any atom is -0.349 e. The van der Waals surface area contributed by atoms with E-state index < -0.39 is 41.5 Å². The number of Topliss-reactive ketones (excluding diaryl/α,β-unsaturated/α-hetero) is 8. The second-order valence-corrected chi connectivity index (χ2v) is 31.1. The number of nitrogens with zero attached hydrogens (tertiary/aromatic N) is 14. The second-order valence-electron chi connectivity index (χ2n) is 31.1. The summed E-state index contributed by atoms with van der Waals surface area (Å²) in [6.45, 7) is 2.19. The highest BCUT2D eigenvalue weighted by Crippen LogP contribution is 2.43. The van der Waals surface area contributed by atoms with Crippen LogP contribution in [0.5, 0.6) is 0 Å². The molecule has 2 bridgehead atoms. The maximum Gasteiger partial charge on any atom is 0.292 e. The molecule has 2 unspecified atom stereocenters. The van der Waals surface area contributed by atoms with Crippen molar-refractivity contribution in [1.29, 1.82) is 0 Å². The van der Waals surface area contributed by atoms with Gasteiger partial charge in [-0.1, -0.05) is 0 Å². The maximum absolute atomic E-state index is 13.8. The van der Waals surface area contributed by atoms with Crippen LogP contribution >= 0.6 is 0 Å². The number of carbonyl (C=O) groups excluding carboxylic acids is 15. The van der Waals surface area contributed by atoms with Crippen molar-refractivity contribution in [2.75, 3.05) is 55.0 Å². The van der Waals surface area contributed by atoms with Gasteiger partial charge in [0.1, 0.15) is 41.0 Å². The normalized spacial score (nSPS) is 13.9. The number of anilines is 4. The summed E-state index contributed by atoms with van der Waals surface area (Å²) in [5.74, 6) is -4.53. The lowest BCUT2D eigenvalue weighted by Gasteiger charge is -2.36. The van der Waals surface area contributed by atoms with Crippen LogP contribution < -0.4 is 42.5 Å². The van der Waals surface area contributed by atoms with Crippen molar-refractivity contribution in [1.82, 2.24) is 82.3 Å². The van der Waals surface area contributed by atoms with Gasteiger partial charge < -0.3 is 83.6 Å². The Morgan fingerprint density at radius 3 is 1.15 bits per heavy atom. The van der Waals surface area contributed by atoms with Gasteiger partial charge in [0, 0.05) is 216 Å². The highest BCUT2D eigenvalue weighted by molar-refractivity contribution is 6.05. The molecule has 9 aromatic heterocycles. The maximum atomic E-state index is 13.8. The summed E-state index contributed by atoms with van der Waals surface area (Å²) in [5.41, 5.74) is 6.11. The number of quaternary nitrogens is 1. The highest BCUT2D eigenvalue weighted by atomic mass is 16.2. The number of aryl methyl sites for hydroxylation is 9. The Morgan fingerprint density at radius 1 is 0.347 bits per heavy atom. The Hall–Kier alpha value is -13.7. The molecule has 0 aliphatic carbocycles. The number of ketones is 8. The summed E-state index contributed by atoms with van der Waals surface area (Å²) >= 11 is 0. The number of unbranched alkanes of at least 4 members (excludes halogenated alkanes) is 1. The Morgan fingerprint density at radius 2 is 0.711 bits per heavy atom. The van der Waals surface area contributed by atoms with E-state index in [0.29, 0.717) is 99.7 Å². The van der Waals surface area contributed by atoms with Gasteiger partial charge in [-0.05, 0) is 104 Å². The number of imidazole rings is 4. The zero-order chi connectivity index (χ0) is 87.4. The number of carbonyl (C=O) groups is 15. The summed E-state index contributed by atoms with van der Waals surface area (Å²) in [7, 11) is 18.5. The van der Waals surface area contributed by atoms with Gasteiger partial charge in [-0.3, -0.25) is 76.4 Å². The fourth-order valence-electron chi connectivity index (χ4n) is 15.0. The average molecular weight is 1660 g/mol. The molecule has 3 aliphatic rings. The molecule has 2 atom stereocenters. The van der Waals surface area contributed by atoms with E-state index in [1.54, 1.807) is 167 Å². The fourth-order valence-corrected chi connectivity index (χ4v) is 15.0. The Labute approximate surface area is 696 Å². The number of nitrogens with one attached hydrogen (secondary N) is 8. The van der Waals surface area contributed by atoms with Crippen LogP contribution in [0.25, 0.3) is 0 Å². The number of hydrogen-bond donors (Lipinski definition) is 8. The van der Waals surface area contributed by atoms with Gasteiger partial charge in [-0.25, -0.2) is 19.9 Å². The van der Waals surface area contributed by atoms with Gasteiger partial charge in [0.25, 0.3) is 29.5 Å². The first kappa shape index (κ1) is 88.1. The molecule has 12 rings (SSSR count). The lowest BCUT2D eigenvalue weighted by molar-refractivity contribution is -0.830. The summed E-state index contributed by atoms with van der Waals surface area (Å²) < 4.78 is 14.0. The van der Waals surface area contributed by atoms with Gasteiger partial charge in [0.05, 0.1) is 35.5 Å². The van der Waals surface area contributed by atoms with Crippen LogP contribution in [0.2, 0.25) is 0 Å². The molecule has 7 amide bonds. The fraction of sp³-hybridized carbons (Fsp3) is 0.393. The largest absolute Gasteiger partial charge is 0.349 e. The topological polar surface area (TPSA) is 448 Å². The number of amides is 7. The van der Waals surface area contributed by atoms with E-state index >= 15 is 0 Å². The van der Waals surface area contributed by atoms with Crippen LogP contribution in [-0.4, -0.2) is 193 Å². The first-order chi connectivity index (χ1) is 57.5. The van der Waals surface area contributed by atoms with Crippen LogP contribution in [0, 0.1) is 0 Å². The molecule has 0 spiro atoms. The molecule has 12 heterocycles. The zero-order valence-electron chi connectivity index (χ0n) is 69.8. The predicted molar refractivity (Wildman–Crippen MR) is 442 cm³/mol. The van der Waals surface area contributed by atoms with Crippen LogP contribution in [0.15, 0.2) is 110 Å². The minimum absolute atomic E-state index is 0.00479. The first-order valence-electron chi connectivity index (χ1n) is 39.6. The standard InChI is InChI=1S/C84H100N22O15/c1-49(107)88-70-43-104(10)79(91-70)84(121)96-73-46-103(9)77(94-73)82(119)87-27-24-74(116)90-71-44-105(11)78(92-71)83(120)89-59-48-106(12)47-58(59)75(106)80(117)95-72-45-102(8)76(93-72)81(118)86-26-17-21-57(110)29-51-31-63(100(6)39-51)68(114)37-54-34-64(101(7)42-54)69(115)36-53-33-61(98(4)41-53)66(112)23-16-20-56(109)28-50-30-62(99(5)38-50)67(113)35-52-32-60(97(3)40-52)65(111)22-15-19-55(108)18-13-14-25-85-2/h30-34,38-48,75,85H,13-29,35-37H2,1-12H3,(H6-,86,87,88,89,90,95,96,107,116,117,118,119,120,121)/p+1. The van der Waals surface area contributed by atoms with Crippen molar-refractivity contribution in [3.05, 3.63) is 189 Å². The minimum atomic E-state index is -0.779. The van der Waals surface area contributed by atoms with Gasteiger partial charge in [-0.2, -0.15) is 0 Å². The molecule has 636 valence electrons. The van der Waals surface area contributed by atoms with Crippen LogP contribution in [0.3, 0.4) is 0 Å². The summed E-state index contributed by atoms with van der Waals surface area (Å²) in [6.07, 6.45) is 22.1. The Bertz CT molecular complexity index is 5690. The number of aromatic nitrogens is 13. The van der Waals surface area contributed by atoms with Gasteiger partial charge in [-0.15, -0.1) is 0 Å². The van der Waals surface area contributed by atoms with Gasteiger partial charge in [0.15, 0.2) is 52.2 Å². The molecule has 0 aromatic carbocycles. The first-order valence-corrected chi connectivity index (χ1v) is 39.6. The van der Waals surface area contributed by atoms with Crippen molar-refractivity contribution in [2.24, 2.45) is 63.4 Å². The van der Waals surface area contributed by atoms with E-state index in [2.05, 4.69) is 62.5 Å². The molecule has 0 saturated carbocycles.